The van der Waals surface area contributed by atoms with Crippen molar-refractivity contribution in [3.8, 4) is 0 Å². The SMILES string of the molecule is O=C(N[C@H]1CC[C@H](c2nnc(C3CC(OC(F)(F)F)C3)o2)OC1)c1cn2ccc(Br)cc2n1. The van der Waals surface area contributed by atoms with Crippen LogP contribution >= 0.6 is 15.9 Å². The summed E-state index contributed by atoms with van der Waals surface area (Å²) < 4.78 is 54.8. The van der Waals surface area contributed by atoms with Gasteiger partial charge in [0.15, 0.2) is 0 Å². The molecule has 0 spiro atoms. The van der Waals surface area contributed by atoms with Crippen molar-refractivity contribution in [1.29, 1.82) is 0 Å². The van der Waals surface area contributed by atoms with E-state index in [9.17, 15) is 18.0 Å². The molecule has 1 aliphatic heterocycles. The van der Waals surface area contributed by atoms with E-state index >= 15 is 0 Å². The van der Waals surface area contributed by atoms with Gasteiger partial charge in [0.25, 0.3) is 5.91 Å². The number of nitrogens with one attached hydrogen (secondary N) is 1. The molecule has 2 aliphatic rings. The zero-order valence-corrected chi connectivity index (χ0v) is 18.7. The van der Waals surface area contributed by atoms with Crippen LogP contribution in [0.4, 0.5) is 13.2 Å². The summed E-state index contributed by atoms with van der Waals surface area (Å²) in [4.78, 5) is 16.9. The quantitative estimate of drug-likeness (QED) is 0.534. The third-order valence-corrected chi connectivity index (χ3v) is 6.24. The van der Waals surface area contributed by atoms with Crippen molar-refractivity contribution in [2.75, 3.05) is 6.61 Å². The number of rotatable bonds is 5. The first-order valence-corrected chi connectivity index (χ1v) is 11.2. The second-order valence-corrected chi connectivity index (χ2v) is 9.05. The lowest BCUT2D eigenvalue weighted by molar-refractivity contribution is -0.352. The number of ether oxygens (including phenoxy) is 2. The largest absolute Gasteiger partial charge is 0.522 e. The lowest BCUT2D eigenvalue weighted by atomic mass is 9.82. The van der Waals surface area contributed by atoms with E-state index in [1.165, 1.54) is 0 Å². The average Bonchev–Trinajstić information content (AvgIpc) is 3.37. The molecule has 3 aromatic rings. The zero-order chi connectivity index (χ0) is 23.2. The highest BCUT2D eigenvalue weighted by Gasteiger charge is 2.42. The molecule has 1 amide bonds. The summed E-state index contributed by atoms with van der Waals surface area (Å²) in [6, 6.07) is 3.48. The Bertz CT molecular complexity index is 1150. The van der Waals surface area contributed by atoms with E-state index in [4.69, 9.17) is 9.15 Å². The maximum Gasteiger partial charge on any atom is 0.522 e. The van der Waals surface area contributed by atoms with E-state index in [-0.39, 0.29) is 37.3 Å². The van der Waals surface area contributed by atoms with Crippen LogP contribution in [0.15, 0.2) is 33.4 Å². The molecule has 2 fully saturated rings. The van der Waals surface area contributed by atoms with Crippen LogP contribution in [0, 0.1) is 0 Å². The summed E-state index contributed by atoms with van der Waals surface area (Å²) >= 11 is 3.38. The third-order valence-electron chi connectivity index (χ3n) is 5.74. The van der Waals surface area contributed by atoms with Crippen LogP contribution in [-0.2, 0) is 9.47 Å². The van der Waals surface area contributed by atoms with Gasteiger partial charge >= 0.3 is 6.36 Å². The molecular formula is C20H19BrF3N5O4. The van der Waals surface area contributed by atoms with Gasteiger partial charge in [0.2, 0.25) is 11.8 Å². The number of carbonyl (C=O) groups is 1. The Morgan fingerprint density at radius 2 is 2.03 bits per heavy atom. The summed E-state index contributed by atoms with van der Waals surface area (Å²) in [5, 5.41) is 10.9. The van der Waals surface area contributed by atoms with E-state index in [1.807, 2.05) is 18.3 Å². The van der Waals surface area contributed by atoms with Gasteiger partial charge in [0, 0.05) is 22.8 Å². The fraction of sp³-hybridized carbons (Fsp3) is 0.500. The second kappa shape index (κ2) is 8.69. The van der Waals surface area contributed by atoms with Crippen LogP contribution in [0.5, 0.6) is 0 Å². The number of amides is 1. The summed E-state index contributed by atoms with van der Waals surface area (Å²) in [6.45, 7) is 0.262. The number of alkyl halides is 3. The molecule has 0 unspecified atom stereocenters. The summed E-state index contributed by atoms with van der Waals surface area (Å²) in [5.74, 6) is 0.0493. The minimum Gasteiger partial charge on any atom is -0.422 e. The van der Waals surface area contributed by atoms with Crippen LogP contribution in [0.1, 0.15) is 60.0 Å². The van der Waals surface area contributed by atoms with Crippen molar-refractivity contribution in [2.45, 2.75) is 56.2 Å². The topological polar surface area (TPSA) is 104 Å². The lowest BCUT2D eigenvalue weighted by Crippen LogP contribution is -2.41. The van der Waals surface area contributed by atoms with Crippen molar-refractivity contribution < 1.29 is 31.9 Å². The maximum absolute atomic E-state index is 12.6. The van der Waals surface area contributed by atoms with E-state index in [1.54, 1.807) is 10.6 Å². The van der Waals surface area contributed by atoms with Gasteiger partial charge in [-0.25, -0.2) is 4.98 Å². The highest BCUT2D eigenvalue weighted by Crippen LogP contribution is 2.41. The second-order valence-electron chi connectivity index (χ2n) is 8.14. The Labute approximate surface area is 193 Å². The average molecular weight is 530 g/mol. The van der Waals surface area contributed by atoms with Gasteiger partial charge in [-0.1, -0.05) is 15.9 Å². The Kier molecular flexibility index (Phi) is 5.87. The molecule has 0 aromatic carbocycles. The summed E-state index contributed by atoms with van der Waals surface area (Å²) in [6.07, 6.45) is -0.920. The fourth-order valence-corrected chi connectivity index (χ4v) is 4.30. The van der Waals surface area contributed by atoms with Gasteiger partial charge < -0.3 is 18.9 Å². The lowest BCUT2D eigenvalue weighted by Gasteiger charge is -2.33. The third kappa shape index (κ3) is 5.04. The van der Waals surface area contributed by atoms with E-state index in [2.05, 4.69) is 41.2 Å². The molecule has 33 heavy (non-hydrogen) atoms. The predicted octanol–water partition coefficient (Wildman–Crippen LogP) is 3.91. The highest BCUT2D eigenvalue weighted by molar-refractivity contribution is 9.10. The number of carbonyl (C=O) groups excluding carboxylic acids is 1. The fourth-order valence-electron chi connectivity index (χ4n) is 3.98. The van der Waals surface area contributed by atoms with Gasteiger partial charge in [0.05, 0.1) is 18.8 Å². The number of pyridine rings is 1. The molecule has 13 heteroatoms. The number of fused-ring (bicyclic) bond motifs is 1. The molecule has 1 saturated carbocycles. The first-order chi connectivity index (χ1) is 15.7. The maximum atomic E-state index is 12.6. The van der Waals surface area contributed by atoms with E-state index < -0.39 is 18.6 Å². The number of halogens is 4. The van der Waals surface area contributed by atoms with Crippen molar-refractivity contribution in [3.63, 3.8) is 0 Å². The number of hydrogen-bond acceptors (Lipinski definition) is 7. The molecule has 5 rings (SSSR count). The van der Waals surface area contributed by atoms with Crippen LogP contribution in [0.25, 0.3) is 5.65 Å². The molecule has 1 aliphatic carbocycles. The van der Waals surface area contributed by atoms with Crippen molar-refractivity contribution in [1.82, 2.24) is 24.9 Å². The summed E-state index contributed by atoms with van der Waals surface area (Å²) in [7, 11) is 0. The number of nitrogens with zero attached hydrogens (tertiary/aromatic N) is 4. The first-order valence-electron chi connectivity index (χ1n) is 10.4. The van der Waals surface area contributed by atoms with Gasteiger partial charge in [-0.15, -0.1) is 23.4 Å². The van der Waals surface area contributed by atoms with Gasteiger partial charge in [-0.3, -0.25) is 9.53 Å². The van der Waals surface area contributed by atoms with Crippen LogP contribution in [0.2, 0.25) is 0 Å². The molecule has 0 radical (unpaired) electrons. The minimum absolute atomic E-state index is 0.181. The van der Waals surface area contributed by atoms with Gasteiger partial charge in [0.1, 0.15) is 17.4 Å². The van der Waals surface area contributed by atoms with Crippen LogP contribution in [-0.4, -0.2) is 50.6 Å². The first kappa shape index (κ1) is 22.3. The molecule has 2 atom stereocenters. The van der Waals surface area contributed by atoms with Crippen LogP contribution in [0.3, 0.4) is 0 Å². The Morgan fingerprint density at radius 1 is 1.24 bits per heavy atom. The van der Waals surface area contributed by atoms with Crippen molar-refractivity contribution >= 4 is 27.5 Å². The standard InChI is InChI=1S/C20H19BrF3N5O4/c21-11-3-4-29-8-14(26-16(29)7-11)17(30)25-12-1-2-15(31-9-12)19-28-27-18(32-19)10-5-13(6-10)33-20(22,23)24/h3-4,7-8,10,12-13,15H,1-2,5-6,9H2,(H,25,30)/t10?,12-,13?,15+/m0/s1. The predicted molar refractivity (Wildman–Crippen MR) is 109 cm³/mol. The van der Waals surface area contributed by atoms with Crippen molar-refractivity contribution in [3.05, 3.63) is 46.5 Å². The van der Waals surface area contributed by atoms with Crippen molar-refractivity contribution in [2.24, 2.45) is 0 Å². The van der Waals surface area contributed by atoms with Gasteiger partial charge in [-0.05, 0) is 37.8 Å². The monoisotopic (exact) mass is 529 g/mol. The molecule has 4 heterocycles. The number of hydrogen-bond donors (Lipinski definition) is 1. The highest BCUT2D eigenvalue weighted by atomic mass is 79.9. The minimum atomic E-state index is -4.64. The zero-order valence-electron chi connectivity index (χ0n) is 17.1. The number of aromatic nitrogens is 4. The van der Waals surface area contributed by atoms with E-state index in [0.717, 1.165) is 4.47 Å². The number of imidazole rings is 1. The summed E-state index contributed by atoms with van der Waals surface area (Å²) in [5.41, 5.74) is 0.967. The van der Waals surface area contributed by atoms with Gasteiger partial charge in [-0.2, -0.15) is 0 Å². The van der Waals surface area contributed by atoms with Crippen LogP contribution < -0.4 is 5.32 Å². The molecule has 176 valence electrons. The Hall–Kier alpha value is -2.51. The molecular weight excluding hydrogens is 511 g/mol. The molecule has 1 saturated heterocycles. The Balaban J connectivity index is 1.11. The normalized spacial score (nSPS) is 25.7. The Morgan fingerprint density at radius 3 is 2.76 bits per heavy atom. The smallest absolute Gasteiger partial charge is 0.422 e. The molecule has 9 nitrogen and oxygen atoms in total. The molecule has 3 aromatic heterocycles. The molecule has 1 N–H and O–H groups in total. The molecule has 0 bridgehead atoms. The van der Waals surface area contributed by atoms with E-state index in [0.29, 0.717) is 36.0 Å².